The lowest BCUT2D eigenvalue weighted by Gasteiger charge is -2.15. The summed E-state index contributed by atoms with van der Waals surface area (Å²) in [6.45, 7) is 0.0779. The second kappa shape index (κ2) is 9.25. The Morgan fingerprint density at radius 2 is 1.63 bits per heavy atom. The summed E-state index contributed by atoms with van der Waals surface area (Å²) in [4.78, 5) is 24.3. The van der Waals surface area contributed by atoms with Crippen LogP contribution in [0.1, 0.15) is 28.8 Å². The fourth-order valence-corrected chi connectivity index (χ4v) is 3.77. The zero-order chi connectivity index (χ0) is 20.0. The van der Waals surface area contributed by atoms with E-state index in [1.165, 1.54) is 20.2 Å². The molecule has 0 saturated heterocycles. The number of rotatable bonds is 8. The summed E-state index contributed by atoms with van der Waals surface area (Å²) in [5.41, 5.74) is 1.05. The van der Waals surface area contributed by atoms with E-state index in [-0.39, 0.29) is 36.0 Å². The Morgan fingerprint density at radius 3 is 2.26 bits per heavy atom. The Bertz CT molecular complexity index is 925. The molecule has 0 aromatic heterocycles. The van der Waals surface area contributed by atoms with Gasteiger partial charge in [-0.15, -0.1) is 0 Å². The monoisotopic (exact) mass is 452 g/mol. The molecule has 0 bridgehead atoms. The molecule has 0 aliphatic carbocycles. The number of nitrogens with one attached hydrogen (secondary N) is 1. The van der Waals surface area contributed by atoms with E-state index in [1.807, 2.05) is 0 Å². The highest BCUT2D eigenvalue weighted by molar-refractivity contribution is 9.10. The normalized spacial score (nSPS) is 11.4. The summed E-state index contributed by atoms with van der Waals surface area (Å²) >= 11 is 3.31. The van der Waals surface area contributed by atoms with Crippen LogP contribution in [0.3, 0.4) is 0 Å². The molecule has 2 rings (SSSR count). The smallest absolute Gasteiger partial charge is 0.242 e. The summed E-state index contributed by atoms with van der Waals surface area (Å²) in [6, 6.07) is 13.5. The topological polar surface area (TPSA) is 83.6 Å². The lowest BCUT2D eigenvalue weighted by Crippen LogP contribution is -2.27. The first-order valence-corrected chi connectivity index (χ1v) is 10.5. The number of hydrogen-bond donors (Lipinski definition) is 1. The van der Waals surface area contributed by atoms with Gasteiger partial charge in [-0.25, -0.2) is 12.7 Å². The Balaban J connectivity index is 1.95. The van der Waals surface area contributed by atoms with Crippen LogP contribution < -0.4 is 5.32 Å². The van der Waals surface area contributed by atoms with Crippen LogP contribution in [0.15, 0.2) is 57.9 Å². The summed E-state index contributed by atoms with van der Waals surface area (Å²) in [7, 11) is -0.683. The largest absolute Gasteiger partial charge is 0.352 e. The molecule has 0 spiro atoms. The molecule has 0 aliphatic rings. The van der Waals surface area contributed by atoms with E-state index in [4.69, 9.17) is 0 Å². The van der Waals surface area contributed by atoms with Crippen molar-refractivity contribution in [2.75, 3.05) is 14.1 Å². The number of carbonyl (C=O) groups is 2. The van der Waals surface area contributed by atoms with Crippen molar-refractivity contribution >= 4 is 37.6 Å². The van der Waals surface area contributed by atoms with Crippen LogP contribution in [0.5, 0.6) is 0 Å². The molecule has 0 unspecified atom stereocenters. The number of sulfonamides is 1. The quantitative estimate of drug-likeness (QED) is 0.623. The summed E-state index contributed by atoms with van der Waals surface area (Å²) in [5, 5.41) is 2.68. The van der Waals surface area contributed by atoms with E-state index in [2.05, 4.69) is 21.2 Å². The minimum absolute atomic E-state index is 0.0392. The first-order chi connectivity index (χ1) is 12.7. The number of nitrogens with zero attached hydrogens (tertiary/aromatic N) is 1. The SMILES string of the molecule is CN(C)S(=O)(=O)c1ccccc1CNC(=O)CCC(=O)c1ccc(Br)cc1. The predicted molar refractivity (Wildman–Crippen MR) is 107 cm³/mol. The first-order valence-electron chi connectivity index (χ1n) is 8.27. The summed E-state index contributed by atoms with van der Waals surface area (Å²) in [6.07, 6.45) is 0.128. The van der Waals surface area contributed by atoms with Gasteiger partial charge in [0, 0.05) is 43.5 Å². The van der Waals surface area contributed by atoms with Crippen LogP contribution in [0.25, 0.3) is 0 Å². The molecule has 144 valence electrons. The Morgan fingerprint density at radius 1 is 1.00 bits per heavy atom. The number of halogens is 1. The van der Waals surface area contributed by atoms with Crippen LogP contribution in [-0.2, 0) is 21.4 Å². The number of benzene rings is 2. The van der Waals surface area contributed by atoms with Crippen LogP contribution in [0.4, 0.5) is 0 Å². The molecule has 1 amide bonds. The van der Waals surface area contributed by atoms with E-state index in [1.54, 1.807) is 42.5 Å². The summed E-state index contributed by atoms with van der Waals surface area (Å²) in [5.74, 6) is -0.425. The number of hydrogen-bond acceptors (Lipinski definition) is 4. The van der Waals surface area contributed by atoms with Crippen LogP contribution in [-0.4, -0.2) is 38.5 Å². The Kier molecular flexibility index (Phi) is 7.29. The van der Waals surface area contributed by atoms with Gasteiger partial charge >= 0.3 is 0 Å². The third-order valence-electron chi connectivity index (χ3n) is 3.95. The third-order valence-corrected chi connectivity index (χ3v) is 6.40. The number of carbonyl (C=O) groups excluding carboxylic acids is 2. The van der Waals surface area contributed by atoms with E-state index < -0.39 is 10.0 Å². The molecule has 0 radical (unpaired) electrons. The van der Waals surface area contributed by atoms with Crippen molar-refractivity contribution in [2.24, 2.45) is 0 Å². The molecule has 1 N–H and O–H groups in total. The molecular weight excluding hydrogens is 432 g/mol. The standard InChI is InChI=1S/C19H21BrN2O4S/c1-22(2)27(25,26)18-6-4-3-5-15(18)13-21-19(24)12-11-17(23)14-7-9-16(20)10-8-14/h3-10H,11-13H2,1-2H3,(H,21,24). The average molecular weight is 453 g/mol. The van der Waals surface area contributed by atoms with E-state index in [9.17, 15) is 18.0 Å². The molecule has 8 heteroatoms. The van der Waals surface area contributed by atoms with E-state index in [0.717, 1.165) is 8.78 Å². The highest BCUT2D eigenvalue weighted by Gasteiger charge is 2.20. The number of ketones is 1. The number of Topliss-reactive ketones (excluding diaryl/α,β-unsaturated/α-hetero) is 1. The van der Waals surface area contributed by atoms with Crippen LogP contribution in [0.2, 0.25) is 0 Å². The molecule has 0 saturated carbocycles. The van der Waals surface area contributed by atoms with Gasteiger partial charge in [0.1, 0.15) is 0 Å². The minimum atomic E-state index is -3.60. The molecule has 6 nitrogen and oxygen atoms in total. The van der Waals surface area contributed by atoms with Crippen molar-refractivity contribution in [3.05, 3.63) is 64.1 Å². The zero-order valence-electron chi connectivity index (χ0n) is 15.1. The van der Waals surface area contributed by atoms with Gasteiger partial charge in [0.15, 0.2) is 5.78 Å². The van der Waals surface area contributed by atoms with Crippen LogP contribution >= 0.6 is 15.9 Å². The highest BCUT2D eigenvalue weighted by Crippen LogP contribution is 2.18. The van der Waals surface area contributed by atoms with Crippen molar-refractivity contribution in [1.82, 2.24) is 9.62 Å². The molecule has 0 atom stereocenters. The van der Waals surface area contributed by atoms with Gasteiger partial charge < -0.3 is 5.32 Å². The van der Waals surface area contributed by atoms with Crippen LogP contribution in [0, 0.1) is 0 Å². The Hall–Kier alpha value is -2.03. The van der Waals surface area contributed by atoms with Gasteiger partial charge in [-0.3, -0.25) is 9.59 Å². The Labute approximate surface area is 167 Å². The van der Waals surface area contributed by atoms with Crippen molar-refractivity contribution in [3.63, 3.8) is 0 Å². The minimum Gasteiger partial charge on any atom is -0.352 e. The molecule has 27 heavy (non-hydrogen) atoms. The third kappa shape index (κ3) is 5.72. The highest BCUT2D eigenvalue weighted by atomic mass is 79.9. The van der Waals surface area contributed by atoms with Crippen molar-refractivity contribution in [1.29, 1.82) is 0 Å². The molecule has 0 aliphatic heterocycles. The fourth-order valence-electron chi connectivity index (χ4n) is 2.39. The van der Waals surface area contributed by atoms with E-state index >= 15 is 0 Å². The lowest BCUT2D eigenvalue weighted by atomic mass is 10.1. The molecule has 2 aromatic carbocycles. The van der Waals surface area contributed by atoms with Gasteiger partial charge in [-0.1, -0.05) is 46.3 Å². The van der Waals surface area contributed by atoms with Gasteiger partial charge in [0.2, 0.25) is 15.9 Å². The second-order valence-electron chi connectivity index (χ2n) is 6.10. The maximum absolute atomic E-state index is 12.4. The molecule has 0 fully saturated rings. The lowest BCUT2D eigenvalue weighted by molar-refractivity contribution is -0.121. The van der Waals surface area contributed by atoms with Crippen molar-refractivity contribution in [2.45, 2.75) is 24.3 Å². The maximum atomic E-state index is 12.4. The fraction of sp³-hybridized carbons (Fsp3) is 0.263. The first kappa shape index (κ1) is 21.3. The van der Waals surface area contributed by atoms with Gasteiger partial charge in [-0.05, 0) is 23.8 Å². The van der Waals surface area contributed by atoms with Crippen molar-refractivity contribution < 1.29 is 18.0 Å². The van der Waals surface area contributed by atoms with Gasteiger partial charge in [0.25, 0.3) is 0 Å². The second-order valence-corrected chi connectivity index (χ2v) is 9.14. The maximum Gasteiger partial charge on any atom is 0.242 e. The molecule has 0 heterocycles. The molecule has 2 aromatic rings. The van der Waals surface area contributed by atoms with Gasteiger partial charge in [-0.2, -0.15) is 0 Å². The average Bonchev–Trinajstić information content (AvgIpc) is 2.65. The van der Waals surface area contributed by atoms with Gasteiger partial charge in [0.05, 0.1) is 4.90 Å². The summed E-state index contributed by atoms with van der Waals surface area (Å²) < 4.78 is 26.7. The number of amides is 1. The van der Waals surface area contributed by atoms with E-state index in [0.29, 0.717) is 11.1 Å². The predicted octanol–water partition coefficient (Wildman–Crippen LogP) is 2.98. The zero-order valence-corrected chi connectivity index (χ0v) is 17.5. The molecular formula is C19H21BrN2O4S. The van der Waals surface area contributed by atoms with Crippen molar-refractivity contribution in [3.8, 4) is 0 Å².